The van der Waals surface area contributed by atoms with Gasteiger partial charge in [0, 0.05) is 25.2 Å². The van der Waals surface area contributed by atoms with Gasteiger partial charge in [-0.3, -0.25) is 0 Å². The van der Waals surface area contributed by atoms with Crippen LogP contribution in [0.1, 0.15) is 5.56 Å². The average molecular weight is 308 g/mol. The zero-order chi connectivity index (χ0) is 12.3. The number of rotatable bonds is 2. The van der Waals surface area contributed by atoms with E-state index in [0.29, 0.717) is 13.1 Å². The lowest BCUT2D eigenvalue weighted by molar-refractivity contribution is 0.103. The molecule has 0 unspecified atom stereocenters. The van der Waals surface area contributed by atoms with Crippen LogP contribution in [0, 0.1) is 0 Å². The predicted octanol–water partition coefficient (Wildman–Crippen LogP) is 1.14. The smallest absolute Gasteiger partial charge is 0.410 e. The second-order valence-corrected chi connectivity index (χ2v) is 4.27. The van der Waals surface area contributed by atoms with Crippen molar-refractivity contribution in [3.8, 4) is 0 Å². The maximum absolute atomic E-state index is 11.7. The number of nitrogens with zero attached hydrogens (tertiary/aromatic N) is 1. The molecule has 1 heterocycles. The van der Waals surface area contributed by atoms with E-state index in [1.165, 1.54) is 0 Å². The van der Waals surface area contributed by atoms with Crippen LogP contribution in [-0.2, 0) is 11.3 Å². The lowest BCUT2D eigenvalue weighted by atomic mass is 10.2. The summed E-state index contributed by atoms with van der Waals surface area (Å²) in [7, 11) is 0. The number of ether oxygens (including phenoxy) is 1. The molecule has 0 bridgehead atoms. The fourth-order valence-corrected chi connectivity index (χ4v) is 1.81. The van der Waals surface area contributed by atoms with Crippen molar-refractivity contribution < 1.29 is 9.53 Å². The highest BCUT2D eigenvalue weighted by atomic mass is 35.5. The molecule has 0 aliphatic carbocycles. The second-order valence-electron chi connectivity index (χ2n) is 4.27. The molecule has 1 fully saturated rings. The van der Waals surface area contributed by atoms with Gasteiger partial charge < -0.3 is 21.1 Å². The van der Waals surface area contributed by atoms with Crippen LogP contribution in [0.2, 0.25) is 0 Å². The summed E-state index contributed by atoms with van der Waals surface area (Å²) in [6.07, 6.45) is -0.350. The average Bonchev–Trinajstić information content (AvgIpc) is 2.68. The number of hydrogen-bond acceptors (Lipinski definition) is 4. The largest absolute Gasteiger partial charge is 0.445 e. The molecule has 1 amide bonds. The molecule has 1 aromatic rings. The van der Waals surface area contributed by atoms with E-state index >= 15 is 0 Å². The summed E-state index contributed by atoms with van der Waals surface area (Å²) < 4.78 is 5.18. The highest BCUT2D eigenvalue weighted by Gasteiger charge is 2.31. The van der Waals surface area contributed by atoms with Crippen molar-refractivity contribution in [2.45, 2.75) is 18.7 Å². The monoisotopic (exact) mass is 307 g/mol. The molecule has 4 N–H and O–H groups in total. The maximum Gasteiger partial charge on any atom is 0.410 e. The molecule has 7 heteroatoms. The van der Waals surface area contributed by atoms with Gasteiger partial charge in [-0.05, 0) is 5.56 Å². The summed E-state index contributed by atoms with van der Waals surface area (Å²) in [5.74, 6) is 0. The van der Waals surface area contributed by atoms with Gasteiger partial charge in [-0.25, -0.2) is 4.79 Å². The van der Waals surface area contributed by atoms with Crippen LogP contribution in [0.4, 0.5) is 4.79 Å². The molecule has 0 spiro atoms. The van der Waals surface area contributed by atoms with Gasteiger partial charge in [0.2, 0.25) is 0 Å². The lowest BCUT2D eigenvalue weighted by Crippen LogP contribution is -2.39. The van der Waals surface area contributed by atoms with Gasteiger partial charge in [-0.15, -0.1) is 24.8 Å². The van der Waals surface area contributed by atoms with Crippen LogP contribution < -0.4 is 11.5 Å². The number of amides is 1. The Labute approximate surface area is 125 Å². The minimum absolute atomic E-state index is 0. The van der Waals surface area contributed by atoms with Crippen LogP contribution in [-0.4, -0.2) is 36.2 Å². The Morgan fingerprint density at radius 2 is 1.68 bits per heavy atom. The van der Waals surface area contributed by atoms with Crippen LogP contribution in [0.3, 0.4) is 0 Å². The highest BCUT2D eigenvalue weighted by molar-refractivity contribution is 5.85. The van der Waals surface area contributed by atoms with E-state index in [1.54, 1.807) is 4.90 Å². The molecule has 2 rings (SSSR count). The third-order valence-corrected chi connectivity index (χ3v) is 2.88. The normalized spacial score (nSPS) is 21.3. The number of hydrogen-bond donors (Lipinski definition) is 2. The Morgan fingerprint density at radius 3 is 2.21 bits per heavy atom. The minimum Gasteiger partial charge on any atom is -0.445 e. The molecule has 108 valence electrons. The van der Waals surface area contributed by atoms with Gasteiger partial charge in [-0.1, -0.05) is 30.3 Å². The van der Waals surface area contributed by atoms with E-state index in [0.717, 1.165) is 5.56 Å². The lowest BCUT2D eigenvalue weighted by Gasteiger charge is -2.15. The summed E-state index contributed by atoms with van der Waals surface area (Å²) in [4.78, 5) is 13.3. The Kier molecular flexibility index (Phi) is 7.78. The van der Waals surface area contributed by atoms with Gasteiger partial charge in [0.05, 0.1) is 0 Å². The van der Waals surface area contributed by atoms with E-state index in [-0.39, 0.29) is 49.6 Å². The number of carbonyl (C=O) groups is 1. The Balaban J connectivity index is 0.00000162. The number of carbonyl (C=O) groups excluding carboxylic acids is 1. The molecular weight excluding hydrogens is 289 g/mol. The van der Waals surface area contributed by atoms with Gasteiger partial charge in [0.1, 0.15) is 6.61 Å². The summed E-state index contributed by atoms with van der Waals surface area (Å²) in [6.45, 7) is 1.21. The fourth-order valence-electron chi connectivity index (χ4n) is 1.81. The van der Waals surface area contributed by atoms with E-state index in [4.69, 9.17) is 16.2 Å². The zero-order valence-corrected chi connectivity index (χ0v) is 12.0. The summed E-state index contributed by atoms with van der Waals surface area (Å²) in [6, 6.07) is 9.25. The highest BCUT2D eigenvalue weighted by Crippen LogP contribution is 2.09. The van der Waals surface area contributed by atoms with Gasteiger partial charge in [0.15, 0.2) is 0 Å². The van der Waals surface area contributed by atoms with Gasteiger partial charge in [-0.2, -0.15) is 0 Å². The molecule has 2 atom stereocenters. The van der Waals surface area contributed by atoms with Crippen molar-refractivity contribution in [2.75, 3.05) is 13.1 Å². The summed E-state index contributed by atoms with van der Waals surface area (Å²) in [5.41, 5.74) is 12.4. The van der Waals surface area contributed by atoms with Crippen LogP contribution >= 0.6 is 24.8 Å². The van der Waals surface area contributed by atoms with E-state index in [9.17, 15) is 4.79 Å². The second kappa shape index (κ2) is 8.22. The van der Waals surface area contributed by atoms with E-state index < -0.39 is 0 Å². The topological polar surface area (TPSA) is 81.6 Å². The standard InChI is InChI=1S/C12H17N3O2.2ClH/c13-10-6-15(7-11(10)14)12(16)17-8-9-4-2-1-3-5-9;;/h1-5,10-11H,6-8,13-14H2;2*1H/t10-,11+;;. The SMILES string of the molecule is Cl.Cl.N[C@@H]1CN(C(=O)OCc2ccccc2)C[C@@H]1N. The minimum atomic E-state index is -0.350. The third-order valence-electron chi connectivity index (χ3n) is 2.88. The van der Waals surface area contributed by atoms with Crippen molar-refractivity contribution >= 4 is 30.9 Å². The molecule has 1 aromatic carbocycles. The van der Waals surface area contributed by atoms with Crippen LogP contribution in [0.15, 0.2) is 30.3 Å². The number of halogens is 2. The zero-order valence-electron chi connectivity index (χ0n) is 10.4. The summed E-state index contributed by atoms with van der Waals surface area (Å²) >= 11 is 0. The third kappa shape index (κ3) is 4.87. The van der Waals surface area contributed by atoms with Gasteiger partial charge in [0.25, 0.3) is 0 Å². The maximum atomic E-state index is 11.7. The van der Waals surface area contributed by atoms with E-state index in [2.05, 4.69) is 0 Å². The quantitative estimate of drug-likeness (QED) is 0.858. The molecule has 1 aliphatic rings. The Hall–Kier alpha value is -1.01. The Bertz CT molecular complexity index is 382. The molecule has 0 aromatic heterocycles. The van der Waals surface area contributed by atoms with Crippen molar-refractivity contribution in [3.05, 3.63) is 35.9 Å². The number of nitrogens with two attached hydrogens (primary N) is 2. The number of benzene rings is 1. The van der Waals surface area contributed by atoms with Crippen molar-refractivity contribution in [3.63, 3.8) is 0 Å². The molecule has 1 saturated heterocycles. The Morgan fingerprint density at radius 1 is 1.16 bits per heavy atom. The predicted molar refractivity (Wildman–Crippen MR) is 78.6 cm³/mol. The first-order chi connectivity index (χ1) is 8.16. The first-order valence-electron chi connectivity index (χ1n) is 5.63. The molecule has 0 radical (unpaired) electrons. The molecule has 1 aliphatic heterocycles. The summed E-state index contributed by atoms with van der Waals surface area (Å²) in [5, 5.41) is 0. The molecular formula is C12H19Cl2N3O2. The molecule has 5 nitrogen and oxygen atoms in total. The molecule has 19 heavy (non-hydrogen) atoms. The van der Waals surface area contributed by atoms with Crippen LogP contribution in [0.25, 0.3) is 0 Å². The van der Waals surface area contributed by atoms with Crippen molar-refractivity contribution in [2.24, 2.45) is 11.5 Å². The first kappa shape index (κ1) is 18.0. The first-order valence-corrected chi connectivity index (χ1v) is 5.63. The van der Waals surface area contributed by atoms with Crippen LogP contribution in [0.5, 0.6) is 0 Å². The van der Waals surface area contributed by atoms with E-state index in [1.807, 2.05) is 30.3 Å². The van der Waals surface area contributed by atoms with Gasteiger partial charge >= 0.3 is 6.09 Å². The number of likely N-dealkylation sites (tertiary alicyclic amines) is 1. The molecule has 0 saturated carbocycles. The fraction of sp³-hybridized carbons (Fsp3) is 0.417. The van der Waals surface area contributed by atoms with Crippen molar-refractivity contribution in [1.82, 2.24) is 4.90 Å². The van der Waals surface area contributed by atoms with Crippen molar-refractivity contribution in [1.29, 1.82) is 0 Å².